The number of rotatable bonds is 3. The van der Waals surface area contributed by atoms with Crippen LogP contribution in [0.15, 0.2) is 12.2 Å². The molecule has 0 aliphatic rings. The molecule has 10 heavy (non-hydrogen) atoms. The van der Waals surface area contributed by atoms with Gasteiger partial charge in [-0.05, 0) is 6.92 Å². The van der Waals surface area contributed by atoms with Crippen LogP contribution in [0.1, 0.15) is 6.92 Å². The predicted molar refractivity (Wildman–Crippen MR) is 30.5 cm³/mol. The summed E-state index contributed by atoms with van der Waals surface area (Å²) >= 11 is 0. The van der Waals surface area contributed by atoms with Crippen LogP contribution in [0.3, 0.4) is 0 Å². The molecule has 0 aliphatic heterocycles. The molecule has 0 saturated heterocycles. The van der Waals surface area contributed by atoms with Crippen LogP contribution in [0.25, 0.3) is 0 Å². The molecule has 0 aliphatic carbocycles. The second-order valence-electron chi connectivity index (χ2n) is 1.26. The second kappa shape index (κ2) is 6.33. The molecule has 54 valence electrons. The monoisotopic (exact) mass is 174 g/mol. The average Bonchev–Trinajstić information content (AvgIpc) is 1.63. The van der Waals surface area contributed by atoms with Gasteiger partial charge < -0.3 is 4.55 Å². The summed E-state index contributed by atoms with van der Waals surface area (Å²) in [5.74, 6) is 0. The Hall–Kier alpha value is 0.610. The molecule has 0 rings (SSSR count). The second-order valence-corrected chi connectivity index (χ2v) is 2.31. The Morgan fingerprint density at radius 2 is 2.10 bits per heavy atom. The number of hydrogen-bond donors (Lipinski definition) is 0. The third-order valence-corrected chi connectivity index (χ3v) is 0.969. The molecule has 0 aromatic carbocycles. The third kappa shape index (κ3) is 11.4. The quantitative estimate of drug-likeness (QED) is 0.198. The van der Waals surface area contributed by atoms with Gasteiger partial charge in [0.05, 0.1) is 6.61 Å². The molecule has 0 fully saturated rings. The van der Waals surface area contributed by atoms with Crippen molar-refractivity contribution in [1.82, 2.24) is 0 Å². The molecule has 0 bridgehead atoms. The van der Waals surface area contributed by atoms with E-state index in [1.54, 1.807) is 13.0 Å². The van der Waals surface area contributed by atoms with Crippen molar-refractivity contribution in [2.45, 2.75) is 6.92 Å². The van der Waals surface area contributed by atoms with Gasteiger partial charge in [-0.2, -0.15) is 0 Å². The maximum Gasteiger partial charge on any atom is 1.00 e. The summed E-state index contributed by atoms with van der Waals surface area (Å²) in [6, 6.07) is 0. The van der Waals surface area contributed by atoms with Gasteiger partial charge in [-0.15, -0.1) is 0 Å². The van der Waals surface area contributed by atoms with Crippen molar-refractivity contribution in [3.05, 3.63) is 12.2 Å². The molecule has 0 spiro atoms. The van der Waals surface area contributed by atoms with E-state index >= 15 is 0 Å². The minimum atomic E-state index is -4.50. The number of allylic oxidation sites excluding steroid dienone is 1. The predicted octanol–water partition coefficient (Wildman–Crippen LogP) is -2.96. The molecule has 6 heteroatoms. The molecule has 0 atom stereocenters. The summed E-state index contributed by atoms with van der Waals surface area (Å²) in [6.45, 7) is 1.52. The Balaban J connectivity index is 0. The summed E-state index contributed by atoms with van der Waals surface area (Å²) in [5.41, 5.74) is 0. The molecule has 0 aromatic rings. The standard InChI is InChI=1S/C4H8O4S.Na/c1-2-3-4-8-9(5,6)7;/h2-3H,4H2,1H3,(H,5,6,7);/q;+1/p-1. The van der Waals surface area contributed by atoms with Crippen molar-refractivity contribution >= 4 is 10.4 Å². The maximum absolute atomic E-state index is 9.69. The van der Waals surface area contributed by atoms with Gasteiger partial charge in [0.15, 0.2) is 0 Å². The molecule has 0 radical (unpaired) electrons. The Labute approximate surface area is 82.5 Å². The first-order valence-electron chi connectivity index (χ1n) is 2.27. The van der Waals surface area contributed by atoms with E-state index in [4.69, 9.17) is 0 Å². The fraction of sp³-hybridized carbons (Fsp3) is 0.500. The van der Waals surface area contributed by atoms with Gasteiger partial charge in [0.1, 0.15) is 0 Å². The summed E-state index contributed by atoms with van der Waals surface area (Å²) in [7, 11) is -4.50. The Morgan fingerprint density at radius 3 is 2.40 bits per heavy atom. The molecule has 0 saturated carbocycles. The Morgan fingerprint density at radius 1 is 1.60 bits per heavy atom. The first-order chi connectivity index (χ1) is 4.06. The number of hydrogen-bond acceptors (Lipinski definition) is 4. The van der Waals surface area contributed by atoms with E-state index in [-0.39, 0.29) is 36.2 Å². The zero-order chi connectivity index (χ0) is 7.33. The van der Waals surface area contributed by atoms with Gasteiger partial charge in [0, 0.05) is 0 Å². The first-order valence-corrected chi connectivity index (χ1v) is 3.61. The fourth-order valence-corrected chi connectivity index (χ4v) is 0.464. The van der Waals surface area contributed by atoms with Crippen LogP contribution in [0, 0.1) is 0 Å². The van der Waals surface area contributed by atoms with E-state index in [0.717, 1.165) is 0 Å². The van der Waals surface area contributed by atoms with Gasteiger partial charge in [-0.1, -0.05) is 12.2 Å². The van der Waals surface area contributed by atoms with Crippen molar-refractivity contribution in [2.24, 2.45) is 0 Å². The van der Waals surface area contributed by atoms with E-state index < -0.39 is 10.4 Å². The molecular formula is C4H7NaO4S. The van der Waals surface area contributed by atoms with Crippen molar-refractivity contribution in [3.63, 3.8) is 0 Å². The van der Waals surface area contributed by atoms with Crippen LogP contribution in [0.2, 0.25) is 0 Å². The molecule has 0 aromatic heterocycles. The van der Waals surface area contributed by atoms with Gasteiger partial charge in [0.2, 0.25) is 10.4 Å². The molecule has 0 amide bonds. The topological polar surface area (TPSA) is 66.4 Å². The molecule has 0 N–H and O–H groups in total. The SMILES string of the molecule is CC=CCOS(=O)(=O)[O-].[Na+]. The molecule has 4 nitrogen and oxygen atoms in total. The van der Waals surface area contributed by atoms with E-state index in [1.165, 1.54) is 6.08 Å². The normalized spacial score (nSPS) is 11.4. The van der Waals surface area contributed by atoms with Crippen LogP contribution >= 0.6 is 0 Å². The summed E-state index contributed by atoms with van der Waals surface area (Å²) < 4.78 is 32.9. The van der Waals surface area contributed by atoms with Crippen molar-refractivity contribution < 1.29 is 46.7 Å². The van der Waals surface area contributed by atoms with Crippen LogP contribution in [0.5, 0.6) is 0 Å². The van der Waals surface area contributed by atoms with Crippen molar-refractivity contribution in [2.75, 3.05) is 6.61 Å². The Bertz CT molecular complexity index is 183. The largest absolute Gasteiger partial charge is 1.00 e. The van der Waals surface area contributed by atoms with Gasteiger partial charge in [-0.25, -0.2) is 8.42 Å². The molecular weight excluding hydrogens is 167 g/mol. The smallest absolute Gasteiger partial charge is 0.726 e. The fourth-order valence-electron chi connectivity index (χ4n) is 0.219. The summed E-state index contributed by atoms with van der Waals surface area (Å²) in [4.78, 5) is 0. The van der Waals surface area contributed by atoms with E-state index in [0.29, 0.717) is 0 Å². The zero-order valence-electron chi connectivity index (χ0n) is 5.90. The van der Waals surface area contributed by atoms with E-state index in [9.17, 15) is 13.0 Å². The van der Waals surface area contributed by atoms with Gasteiger partial charge in [-0.3, -0.25) is 4.18 Å². The molecule has 0 heterocycles. The summed E-state index contributed by atoms with van der Waals surface area (Å²) in [6.07, 6.45) is 3.01. The molecule has 0 unspecified atom stereocenters. The van der Waals surface area contributed by atoms with Crippen molar-refractivity contribution in [3.8, 4) is 0 Å². The van der Waals surface area contributed by atoms with E-state index in [1.807, 2.05) is 0 Å². The van der Waals surface area contributed by atoms with Crippen LogP contribution in [-0.4, -0.2) is 19.6 Å². The average molecular weight is 174 g/mol. The Kier molecular flexibility index (Phi) is 8.36. The zero-order valence-corrected chi connectivity index (χ0v) is 8.72. The van der Waals surface area contributed by atoms with Crippen molar-refractivity contribution in [1.29, 1.82) is 0 Å². The summed E-state index contributed by atoms with van der Waals surface area (Å²) in [5, 5.41) is 0. The van der Waals surface area contributed by atoms with E-state index in [2.05, 4.69) is 4.18 Å². The first kappa shape index (κ1) is 13.2. The maximum atomic E-state index is 9.69. The minimum absolute atomic E-state index is 0. The van der Waals surface area contributed by atoms with Crippen LogP contribution in [-0.2, 0) is 14.6 Å². The minimum Gasteiger partial charge on any atom is -0.726 e. The van der Waals surface area contributed by atoms with Crippen LogP contribution < -0.4 is 29.6 Å². The van der Waals surface area contributed by atoms with Gasteiger partial charge >= 0.3 is 29.6 Å². The third-order valence-electron chi connectivity index (χ3n) is 0.544. The van der Waals surface area contributed by atoms with Crippen LogP contribution in [0.4, 0.5) is 0 Å². The van der Waals surface area contributed by atoms with Gasteiger partial charge in [0.25, 0.3) is 0 Å².